The van der Waals surface area contributed by atoms with E-state index in [0.29, 0.717) is 6.61 Å². The largest absolute Gasteiger partial charge is 0.380 e. The van der Waals surface area contributed by atoms with E-state index < -0.39 is 0 Å². The Bertz CT molecular complexity index is 368. The maximum absolute atomic E-state index is 9.11. The first kappa shape index (κ1) is 12.7. The summed E-state index contributed by atoms with van der Waals surface area (Å²) in [5.74, 6) is 0. The Kier molecular flexibility index (Phi) is 4.97. The summed E-state index contributed by atoms with van der Waals surface area (Å²) < 4.78 is 5.07. The number of nitriles is 1. The van der Waals surface area contributed by atoms with Gasteiger partial charge in [-0.1, -0.05) is 24.3 Å². The summed E-state index contributed by atoms with van der Waals surface area (Å²) in [4.78, 5) is 0. The first-order valence-electron chi connectivity index (χ1n) is 5.40. The number of rotatable bonds is 5. The second kappa shape index (κ2) is 6.26. The molecule has 0 heterocycles. The molecule has 1 atom stereocenters. The fourth-order valence-electron chi connectivity index (χ4n) is 1.57. The highest BCUT2D eigenvalue weighted by atomic mass is 16.5. The summed E-state index contributed by atoms with van der Waals surface area (Å²) in [5.41, 5.74) is 2.08. The van der Waals surface area contributed by atoms with Crippen LogP contribution in [0.1, 0.15) is 31.0 Å². The quantitative estimate of drug-likeness (QED) is 0.825. The zero-order chi connectivity index (χ0) is 12.0. The van der Waals surface area contributed by atoms with E-state index in [1.165, 1.54) is 0 Å². The van der Waals surface area contributed by atoms with Crippen molar-refractivity contribution in [1.82, 2.24) is 5.32 Å². The summed E-state index contributed by atoms with van der Waals surface area (Å²) in [6.07, 6.45) is 0. The minimum atomic E-state index is -0.253. The average molecular weight is 218 g/mol. The number of hydrogen-bond donors (Lipinski definition) is 1. The van der Waals surface area contributed by atoms with E-state index >= 15 is 0 Å². The molecule has 1 rings (SSSR count). The molecule has 1 N–H and O–H groups in total. The smallest absolute Gasteiger partial charge is 0.121 e. The van der Waals surface area contributed by atoms with E-state index in [1.807, 2.05) is 38.1 Å². The molecule has 0 spiro atoms. The van der Waals surface area contributed by atoms with Crippen molar-refractivity contribution in [2.45, 2.75) is 32.5 Å². The molecule has 3 heteroatoms. The van der Waals surface area contributed by atoms with E-state index in [4.69, 9.17) is 10.00 Å². The van der Waals surface area contributed by atoms with E-state index in [2.05, 4.69) is 11.4 Å². The Morgan fingerprint density at radius 2 is 2.19 bits per heavy atom. The molecule has 86 valence electrons. The highest BCUT2D eigenvalue weighted by Gasteiger charge is 2.11. The number of nitrogens with zero attached hydrogens (tertiary/aromatic N) is 1. The van der Waals surface area contributed by atoms with Crippen molar-refractivity contribution in [3.8, 4) is 6.07 Å². The van der Waals surface area contributed by atoms with Crippen LogP contribution in [0.5, 0.6) is 0 Å². The van der Waals surface area contributed by atoms with Crippen molar-refractivity contribution in [3.05, 3.63) is 35.4 Å². The second-order valence-corrected chi connectivity index (χ2v) is 4.06. The van der Waals surface area contributed by atoms with Crippen LogP contribution in [0, 0.1) is 11.3 Å². The van der Waals surface area contributed by atoms with Crippen LogP contribution in [-0.2, 0) is 11.3 Å². The normalized spacial score (nSPS) is 12.4. The molecule has 0 fully saturated rings. The Morgan fingerprint density at radius 1 is 1.44 bits per heavy atom. The lowest BCUT2D eigenvalue weighted by Gasteiger charge is -2.15. The van der Waals surface area contributed by atoms with Crippen molar-refractivity contribution in [2.24, 2.45) is 0 Å². The third-order valence-electron chi connectivity index (χ3n) is 2.22. The van der Waals surface area contributed by atoms with Gasteiger partial charge >= 0.3 is 0 Å². The Labute approximate surface area is 97.0 Å². The van der Waals surface area contributed by atoms with Gasteiger partial charge in [-0.3, -0.25) is 5.32 Å². The van der Waals surface area contributed by atoms with Gasteiger partial charge in [0, 0.05) is 13.2 Å². The van der Waals surface area contributed by atoms with Crippen molar-refractivity contribution in [2.75, 3.05) is 7.11 Å². The van der Waals surface area contributed by atoms with Crippen molar-refractivity contribution in [3.63, 3.8) is 0 Å². The second-order valence-electron chi connectivity index (χ2n) is 4.06. The molecular formula is C13H18N2O. The third kappa shape index (κ3) is 3.65. The van der Waals surface area contributed by atoms with E-state index in [9.17, 15) is 0 Å². The zero-order valence-corrected chi connectivity index (χ0v) is 10.0. The van der Waals surface area contributed by atoms with E-state index in [0.717, 1.165) is 11.1 Å². The molecule has 0 saturated carbocycles. The van der Waals surface area contributed by atoms with Gasteiger partial charge in [0.25, 0.3) is 0 Å². The summed E-state index contributed by atoms with van der Waals surface area (Å²) >= 11 is 0. The topological polar surface area (TPSA) is 45.0 Å². The Balaban J connectivity index is 2.84. The van der Waals surface area contributed by atoms with Crippen molar-refractivity contribution < 1.29 is 4.74 Å². The highest BCUT2D eigenvalue weighted by Crippen LogP contribution is 2.15. The number of hydrogen-bond acceptors (Lipinski definition) is 3. The van der Waals surface area contributed by atoms with E-state index in [-0.39, 0.29) is 12.1 Å². The molecule has 0 aliphatic rings. The van der Waals surface area contributed by atoms with Gasteiger partial charge in [0.2, 0.25) is 0 Å². The van der Waals surface area contributed by atoms with Crippen LogP contribution < -0.4 is 5.32 Å². The minimum Gasteiger partial charge on any atom is -0.380 e. The van der Waals surface area contributed by atoms with Crippen LogP contribution in [0.2, 0.25) is 0 Å². The lowest BCUT2D eigenvalue weighted by molar-refractivity contribution is 0.185. The zero-order valence-electron chi connectivity index (χ0n) is 10.0. The molecule has 3 nitrogen and oxygen atoms in total. The third-order valence-corrected chi connectivity index (χ3v) is 2.22. The molecule has 16 heavy (non-hydrogen) atoms. The SMILES string of the molecule is COCc1cccc(C(C#N)NC(C)C)c1. The number of nitrogens with one attached hydrogen (secondary N) is 1. The summed E-state index contributed by atoms with van der Waals surface area (Å²) in [5, 5.41) is 12.3. The van der Waals surface area contributed by atoms with Crippen LogP contribution in [0.4, 0.5) is 0 Å². The molecule has 0 aliphatic heterocycles. The summed E-state index contributed by atoms with van der Waals surface area (Å²) in [7, 11) is 1.67. The minimum absolute atomic E-state index is 0.253. The Hall–Kier alpha value is -1.37. The number of ether oxygens (including phenoxy) is 1. The molecule has 0 saturated heterocycles. The lowest BCUT2D eigenvalue weighted by Crippen LogP contribution is -2.27. The molecule has 1 aromatic rings. The molecule has 0 amide bonds. The maximum Gasteiger partial charge on any atom is 0.121 e. The van der Waals surface area contributed by atoms with E-state index in [1.54, 1.807) is 7.11 Å². The number of benzene rings is 1. The van der Waals surface area contributed by atoms with Gasteiger partial charge in [0.05, 0.1) is 12.7 Å². The fraction of sp³-hybridized carbons (Fsp3) is 0.462. The van der Waals surface area contributed by atoms with Crippen LogP contribution in [-0.4, -0.2) is 13.2 Å². The maximum atomic E-state index is 9.11. The van der Waals surface area contributed by atoms with Gasteiger partial charge in [-0.05, 0) is 25.0 Å². The highest BCUT2D eigenvalue weighted by molar-refractivity contribution is 5.29. The predicted octanol–water partition coefficient (Wildman–Crippen LogP) is 2.40. The predicted molar refractivity (Wildman–Crippen MR) is 63.8 cm³/mol. The average Bonchev–Trinajstić information content (AvgIpc) is 2.26. The van der Waals surface area contributed by atoms with Crippen molar-refractivity contribution in [1.29, 1.82) is 5.26 Å². The summed E-state index contributed by atoms with van der Waals surface area (Å²) in [6.45, 7) is 4.64. The lowest BCUT2D eigenvalue weighted by atomic mass is 10.0. The van der Waals surface area contributed by atoms with Gasteiger partial charge in [0.15, 0.2) is 0 Å². The van der Waals surface area contributed by atoms with Crippen LogP contribution in [0.3, 0.4) is 0 Å². The number of methoxy groups -OCH3 is 1. The Morgan fingerprint density at radius 3 is 2.75 bits per heavy atom. The van der Waals surface area contributed by atoms with Crippen LogP contribution in [0.25, 0.3) is 0 Å². The molecule has 0 aliphatic carbocycles. The molecular weight excluding hydrogens is 200 g/mol. The first-order valence-corrected chi connectivity index (χ1v) is 5.40. The standard InChI is InChI=1S/C13H18N2O/c1-10(2)15-13(8-14)12-6-4-5-11(7-12)9-16-3/h4-7,10,13,15H,9H2,1-3H3. The molecule has 0 aromatic heterocycles. The van der Waals surface area contributed by atoms with Gasteiger partial charge in [0.1, 0.15) is 6.04 Å². The van der Waals surface area contributed by atoms with Gasteiger partial charge in [-0.15, -0.1) is 0 Å². The summed E-state index contributed by atoms with van der Waals surface area (Å²) in [6, 6.07) is 10.2. The van der Waals surface area contributed by atoms with Crippen LogP contribution >= 0.6 is 0 Å². The van der Waals surface area contributed by atoms with Gasteiger partial charge < -0.3 is 4.74 Å². The van der Waals surface area contributed by atoms with Gasteiger partial charge in [-0.25, -0.2) is 0 Å². The molecule has 0 bridgehead atoms. The first-order chi connectivity index (χ1) is 7.67. The van der Waals surface area contributed by atoms with Crippen LogP contribution in [0.15, 0.2) is 24.3 Å². The molecule has 1 unspecified atom stereocenters. The molecule has 1 aromatic carbocycles. The van der Waals surface area contributed by atoms with Crippen molar-refractivity contribution >= 4 is 0 Å². The monoisotopic (exact) mass is 218 g/mol. The van der Waals surface area contributed by atoms with Gasteiger partial charge in [-0.2, -0.15) is 5.26 Å². The fourth-order valence-corrected chi connectivity index (χ4v) is 1.57. The molecule has 0 radical (unpaired) electrons.